The number of hydrogen-bond donors (Lipinski definition) is 1. The van der Waals surface area contributed by atoms with Gasteiger partial charge in [-0.05, 0) is 19.3 Å². The number of nitrogens with zero attached hydrogens (tertiary/aromatic N) is 1. The Hall–Kier alpha value is -0.620. The van der Waals surface area contributed by atoms with Crippen LogP contribution in [0.5, 0.6) is 0 Å². The first-order chi connectivity index (χ1) is 7.97. The summed E-state index contributed by atoms with van der Waals surface area (Å²) in [6.07, 6.45) is 3.80. The van der Waals surface area contributed by atoms with Gasteiger partial charge in [-0.3, -0.25) is 4.79 Å². The van der Waals surface area contributed by atoms with Crippen molar-refractivity contribution in [3.05, 3.63) is 0 Å². The number of sulfonamides is 1. The molecule has 1 aliphatic rings. The van der Waals surface area contributed by atoms with Crippen LogP contribution in [0.3, 0.4) is 0 Å². The SMILES string of the molecule is CCCCS(=O)(=O)N1CCCCC1CC(=O)O. The van der Waals surface area contributed by atoms with Gasteiger partial charge in [-0.15, -0.1) is 0 Å². The van der Waals surface area contributed by atoms with E-state index in [0.29, 0.717) is 19.4 Å². The molecule has 0 aromatic heterocycles. The molecule has 0 saturated carbocycles. The number of rotatable bonds is 6. The highest BCUT2D eigenvalue weighted by molar-refractivity contribution is 7.89. The minimum Gasteiger partial charge on any atom is -0.481 e. The Bertz CT molecular complexity index is 352. The molecule has 1 heterocycles. The Morgan fingerprint density at radius 3 is 2.71 bits per heavy atom. The molecule has 1 fully saturated rings. The van der Waals surface area contributed by atoms with Crippen LogP contribution in [0.2, 0.25) is 0 Å². The zero-order valence-electron chi connectivity index (χ0n) is 10.3. The maximum absolute atomic E-state index is 12.1. The predicted molar refractivity (Wildman–Crippen MR) is 65.3 cm³/mol. The second-order valence-electron chi connectivity index (χ2n) is 4.53. The van der Waals surface area contributed by atoms with E-state index in [1.807, 2.05) is 6.92 Å². The lowest BCUT2D eigenvalue weighted by Gasteiger charge is -2.33. The van der Waals surface area contributed by atoms with E-state index < -0.39 is 16.0 Å². The van der Waals surface area contributed by atoms with Gasteiger partial charge < -0.3 is 5.11 Å². The lowest BCUT2D eigenvalue weighted by molar-refractivity contribution is -0.138. The van der Waals surface area contributed by atoms with Crippen LogP contribution in [0.15, 0.2) is 0 Å². The third-order valence-corrected chi connectivity index (χ3v) is 5.10. The normalized spacial score (nSPS) is 22.5. The van der Waals surface area contributed by atoms with Gasteiger partial charge in [0.2, 0.25) is 10.0 Å². The molecule has 0 aromatic rings. The van der Waals surface area contributed by atoms with E-state index in [-0.39, 0.29) is 18.2 Å². The molecule has 0 aromatic carbocycles. The molecular formula is C11H21NO4S. The van der Waals surface area contributed by atoms with Crippen LogP contribution in [0.4, 0.5) is 0 Å². The second-order valence-corrected chi connectivity index (χ2v) is 6.57. The molecule has 0 bridgehead atoms. The van der Waals surface area contributed by atoms with Gasteiger partial charge in [0, 0.05) is 12.6 Å². The summed E-state index contributed by atoms with van der Waals surface area (Å²) in [6.45, 7) is 2.42. The van der Waals surface area contributed by atoms with E-state index in [9.17, 15) is 13.2 Å². The lowest BCUT2D eigenvalue weighted by Crippen LogP contribution is -2.45. The highest BCUT2D eigenvalue weighted by atomic mass is 32.2. The van der Waals surface area contributed by atoms with Gasteiger partial charge in [0.05, 0.1) is 12.2 Å². The first-order valence-corrected chi connectivity index (χ1v) is 7.79. The number of unbranched alkanes of at least 4 members (excludes halogenated alkanes) is 1. The molecule has 1 unspecified atom stereocenters. The molecule has 100 valence electrons. The molecule has 0 spiro atoms. The number of hydrogen-bond acceptors (Lipinski definition) is 3. The van der Waals surface area contributed by atoms with Crippen LogP contribution < -0.4 is 0 Å². The van der Waals surface area contributed by atoms with E-state index in [4.69, 9.17) is 5.11 Å². The van der Waals surface area contributed by atoms with E-state index in [1.54, 1.807) is 0 Å². The molecule has 0 radical (unpaired) electrons. The molecule has 17 heavy (non-hydrogen) atoms. The summed E-state index contributed by atoms with van der Waals surface area (Å²) in [6, 6.07) is -0.344. The van der Waals surface area contributed by atoms with Crippen molar-refractivity contribution < 1.29 is 18.3 Å². The molecule has 0 aliphatic carbocycles. The van der Waals surface area contributed by atoms with E-state index in [1.165, 1.54) is 4.31 Å². The average Bonchev–Trinajstić information content (AvgIpc) is 2.26. The number of aliphatic carboxylic acids is 1. The van der Waals surface area contributed by atoms with Crippen molar-refractivity contribution in [2.45, 2.75) is 51.5 Å². The zero-order valence-corrected chi connectivity index (χ0v) is 11.1. The minimum atomic E-state index is -3.27. The third kappa shape index (κ3) is 4.27. The van der Waals surface area contributed by atoms with Gasteiger partial charge in [0.15, 0.2) is 0 Å². The number of carboxylic acids is 1. The molecule has 1 rings (SSSR count). The van der Waals surface area contributed by atoms with Gasteiger partial charge in [-0.25, -0.2) is 8.42 Å². The molecular weight excluding hydrogens is 242 g/mol. The smallest absolute Gasteiger partial charge is 0.304 e. The van der Waals surface area contributed by atoms with Gasteiger partial charge in [0.1, 0.15) is 0 Å². The molecule has 0 amide bonds. The summed E-state index contributed by atoms with van der Waals surface area (Å²) in [5.41, 5.74) is 0. The molecule has 1 atom stereocenters. The van der Waals surface area contributed by atoms with Gasteiger partial charge in [-0.2, -0.15) is 4.31 Å². The van der Waals surface area contributed by atoms with Gasteiger partial charge in [-0.1, -0.05) is 19.8 Å². The highest BCUT2D eigenvalue weighted by Gasteiger charge is 2.32. The lowest BCUT2D eigenvalue weighted by atomic mass is 10.0. The number of piperidine rings is 1. The van der Waals surface area contributed by atoms with Crippen molar-refractivity contribution in [3.8, 4) is 0 Å². The molecule has 6 heteroatoms. The van der Waals surface area contributed by atoms with Crippen molar-refractivity contribution in [1.82, 2.24) is 4.31 Å². The summed E-state index contributed by atoms with van der Waals surface area (Å²) in [5, 5.41) is 8.80. The van der Waals surface area contributed by atoms with Crippen molar-refractivity contribution in [2.75, 3.05) is 12.3 Å². The van der Waals surface area contributed by atoms with Crippen molar-refractivity contribution in [2.24, 2.45) is 0 Å². The molecule has 5 nitrogen and oxygen atoms in total. The van der Waals surface area contributed by atoms with Crippen LogP contribution in [-0.2, 0) is 14.8 Å². The fourth-order valence-corrected chi connectivity index (χ4v) is 4.12. The van der Waals surface area contributed by atoms with Crippen LogP contribution in [0.1, 0.15) is 45.4 Å². The van der Waals surface area contributed by atoms with Crippen molar-refractivity contribution >= 4 is 16.0 Å². The average molecular weight is 263 g/mol. The van der Waals surface area contributed by atoms with E-state index in [0.717, 1.165) is 19.3 Å². The second kappa shape index (κ2) is 6.35. The third-order valence-electron chi connectivity index (χ3n) is 3.10. The molecule has 1 aliphatic heterocycles. The predicted octanol–water partition coefficient (Wildman–Crippen LogP) is 1.45. The standard InChI is InChI=1S/C11H21NO4S/c1-2-3-8-17(15,16)12-7-5-4-6-10(12)9-11(13)14/h10H,2-9H2,1H3,(H,13,14). The summed E-state index contributed by atoms with van der Waals surface area (Å²) in [4.78, 5) is 10.7. The van der Waals surface area contributed by atoms with Crippen molar-refractivity contribution in [1.29, 1.82) is 0 Å². The van der Waals surface area contributed by atoms with Crippen LogP contribution in [-0.4, -0.2) is 42.1 Å². The zero-order chi connectivity index (χ0) is 12.9. The minimum absolute atomic E-state index is 0.0780. The Morgan fingerprint density at radius 2 is 2.12 bits per heavy atom. The van der Waals surface area contributed by atoms with Crippen LogP contribution >= 0.6 is 0 Å². The summed E-state index contributed by atoms with van der Waals surface area (Å²) >= 11 is 0. The number of carbonyl (C=O) groups is 1. The first-order valence-electron chi connectivity index (χ1n) is 6.18. The Morgan fingerprint density at radius 1 is 1.41 bits per heavy atom. The fourth-order valence-electron chi connectivity index (χ4n) is 2.19. The first kappa shape index (κ1) is 14.4. The molecule has 1 N–H and O–H groups in total. The summed E-state index contributed by atoms with van der Waals surface area (Å²) in [5.74, 6) is -0.785. The van der Waals surface area contributed by atoms with Gasteiger partial charge >= 0.3 is 5.97 Å². The quantitative estimate of drug-likeness (QED) is 0.787. The van der Waals surface area contributed by atoms with E-state index >= 15 is 0 Å². The topological polar surface area (TPSA) is 74.7 Å². The highest BCUT2D eigenvalue weighted by Crippen LogP contribution is 2.23. The van der Waals surface area contributed by atoms with Crippen LogP contribution in [0.25, 0.3) is 0 Å². The van der Waals surface area contributed by atoms with Crippen LogP contribution in [0, 0.1) is 0 Å². The monoisotopic (exact) mass is 263 g/mol. The largest absolute Gasteiger partial charge is 0.481 e. The van der Waals surface area contributed by atoms with Gasteiger partial charge in [0.25, 0.3) is 0 Å². The summed E-state index contributed by atoms with van der Waals surface area (Å²) in [7, 11) is -3.27. The Kier molecular flexibility index (Phi) is 5.39. The Balaban J connectivity index is 2.72. The van der Waals surface area contributed by atoms with Crippen molar-refractivity contribution in [3.63, 3.8) is 0 Å². The summed E-state index contributed by atoms with van der Waals surface area (Å²) < 4.78 is 25.6. The maximum Gasteiger partial charge on any atom is 0.304 e. The number of carboxylic acid groups (broad SMARTS) is 1. The maximum atomic E-state index is 12.1. The van der Waals surface area contributed by atoms with E-state index in [2.05, 4.69) is 0 Å². The fraction of sp³-hybridized carbons (Fsp3) is 0.909. The molecule has 1 saturated heterocycles. The Labute approximate surface area is 103 Å².